The summed E-state index contributed by atoms with van der Waals surface area (Å²) in [6, 6.07) is 14.1. The molecule has 1 atom stereocenters. The fourth-order valence-corrected chi connectivity index (χ4v) is 4.59. The number of hydrogen-bond acceptors (Lipinski definition) is 6. The van der Waals surface area contributed by atoms with Crippen molar-refractivity contribution < 1.29 is 18.7 Å². The molecule has 0 spiro atoms. The lowest BCUT2D eigenvalue weighted by Crippen LogP contribution is -2.38. The summed E-state index contributed by atoms with van der Waals surface area (Å²) in [6.07, 6.45) is 0.144. The van der Waals surface area contributed by atoms with E-state index in [4.69, 9.17) is 9.15 Å². The number of H-pyrrole nitrogens is 1. The lowest BCUT2D eigenvalue weighted by atomic mass is 9.96. The van der Waals surface area contributed by atoms with E-state index in [0.717, 1.165) is 5.56 Å². The smallest absolute Gasteiger partial charge is 0.434 e. The van der Waals surface area contributed by atoms with Crippen molar-refractivity contribution in [2.24, 2.45) is 0 Å². The number of ether oxygens (including phenoxy) is 1. The van der Waals surface area contributed by atoms with Gasteiger partial charge in [-0.15, -0.1) is 5.10 Å². The number of hydrogen-bond donors (Lipinski definition) is 1. The zero-order valence-electron chi connectivity index (χ0n) is 18.8. The van der Waals surface area contributed by atoms with Gasteiger partial charge in [0.25, 0.3) is 0 Å². The number of carbonyl (C=O) groups is 2. The van der Waals surface area contributed by atoms with Crippen LogP contribution >= 0.6 is 0 Å². The van der Waals surface area contributed by atoms with Crippen LogP contribution in [0, 0.1) is 0 Å². The van der Waals surface area contributed by atoms with Crippen LogP contribution in [0.1, 0.15) is 27.9 Å². The number of methoxy groups -OCH3 is 1. The molecule has 1 aromatic heterocycles. The number of Topliss-reactive ketones (excluding diaryl/α,β-unsaturated/α-hetero) is 1. The second-order valence-corrected chi connectivity index (χ2v) is 13.7. The summed E-state index contributed by atoms with van der Waals surface area (Å²) >= 11 is 0. The Morgan fingerprint density at radius 3 is 2.22 bits per heavy atom. The van der Waals surface area contributed by atoms with Crippen LogP contribution in [0.4, 0.5) is 0 Å². The van der Waals surface area contributed by atoms with Crippen molar-refractivity contribution in [2.45, 2.75) is 32.1 Å². The highest BCUT2D eigenvalue weighted by Gasteiger charge is 2.31. The molecule has 32 heavy (non-hydrogen) atoms. The fraction of sp³-hybridized carbons (Fsp3) is 0.304. The number of benzene rings is 2. The number of nitrogens with one attached hydrogen (secondary N) is 1. The monoisotopic (exact) mass is 453 g/mol. The van der Waals surface area contributed by atoms with Gasteiger partial charge in [-0.2, -0.15) is 0 Å². The largest absolute Gasteiger partial charge is 0.497 e. The molecule has 8 nitrogen and oxygen atoms in total. The number of nitrogens with zero attached hydrogens (tertiary/aromatic N) is 2. The Hall–Kier alpha value is -3.46. The molecule has 1 N–H and O–H groups in total. The van der Waals surface area contributed by atoms with Gasteiger partial charge in [-0.25, -0.2) is 9.89 Å². The Bertz CT molecular complexity index is 1140. The number of likely N-dealkylation sites (N-methyl/N-ethyl adjacent to an activating group) is 1. The molecule has 0 saturated heterocycles. The number of amides is 1. The number of aromatic nitrogens is 2. The van der Waals surface area contributed by atoms with E-state index < -0.39 is 31.7 Å². The maximum atomic E-state index is 13.4. The maximum absolute atomic E-state index is 13.4. The highest BCUT2D eigenvalue weighted by Crippen LogP contribution is 2.26. The normalized spacial score (nSPS) is 12.3. The van der Waals surface area contributed by atoms with Crippen molar-refractivity contribution in [3.63, 3.8) is 0 Å². The molecule has 0 aliphatic carbocycles. The number of ketones is 1. The predicted molar refractivity (Wildman–Crippen MR) is 123 cm³/mol. The second-order valence-electron chi connectivity index (χ2n) is 8.60. The molecule has 1 unspecified atom stereocenters. The molecule has 3 aromatic rings. The molecule has 0 radical (unpaired) electrons. The van der Waals surface area contributed by atoms with Crippen molar-refractivity contribution in [1.29, 1.82) is 0 Å². The molecule has 0 bridgehead atoms. The third kappa shape index (κ3) is 5.23. The molecular weight excluding hydrogens is 426 g/mol. The number of carbonyl (C=O) groups excluding carboxylic acids is 2. The molecule has 0 saturated carbocycles. The topological polar surface area (TPSA) is 105 Å². The average molecular weight is 454 g/mol. The lowest BCUT2D eigenvalue weighted by molar-refractivity contribution is -0.122. The minimum absolute atomic E-state index is 0.144. The predicted octanol–water partition coefficient (Wildman–Crippen LogP) is 2.54. The summed E-state index contributed by atoms with van der Waals surface area (Å²) in [5.74, 6) is -1.45. The summed E-state index contributed by atoms with van der Waals surface area (Å²) in [7, 11) is 1.59. The van der Waals surface area contributed by atoms with Gasteiger partial charge in [-0.3, -0.25) is 9.59 Å². The van der Waals surface area contributed by atoms with Gasteiger partial charge in [0.15, 0.2) is 5.78 Å². The van der Waals surface area contributed by atoms with Gasteiger partial charge < -0.3 is 14.1 Å². The molecule has 168 valence electrons. The zero-order valence-corrected chi connectivity index (χ0v) is 19.8. The first kappa shape index (κ1) is 23.2. The third-order valence-electron chi connectivity index (χ3n) is 5.26. The summed E-state index contributed by atoms with van der Waals surface area (Å²) in [5, 5.41) is 6.97. The fourth-order valence-electron chi connectivity index (χ4n) is 3.42. The SMILES string of the molecule is COc1ccc(C(C(=O)Cc2ccc([Si](C)(C)C)cc2)N(C)C(=O)c2n[nH]c(=O)o2)cc1. The van der Waals surface area contributed by atoms with Gasteiger partial charge >= 0.3 is 17.6 Å². The van der Waals surface area contributed by atoms with Crippen LogP contribution in [-0.2, 0) is 11.2 Å². The molecule has 1 amide bonds. The van der Waals surface area contributed by atoms with E-state index in [0.29, 0.717) is 11.3 Å². The van der Waals surface area contributed by atoms with Crippen molar-refractivity contribution in [1.82, 2.24) is 15.1 Å². The number of aromatic amines is 1. The van der Waals surface area contributed by atoms with Gasteiger partial charge in [0.05, 0.1) is 15.2 Å². The van der Waals surface area contributed by atoms with Crippen molar-refractivity contribution >= 4 is 25.0 Å². The van der Waals surface area contributed by atoms with Gasteiger partial charge in [0, 0.05) is 13.5 Å². The van der Waals surface area contributed by atoms with Crippen LogP contribution in [0.5, 0.6) is 5.75 Å². The second kappa shape index (κ2) is 9.35. The molecular formula is C23H27N3O5Si. The van der Waals surface area contributed by atoms with Gasteiger partial charge in [-0.05, 0) is 23.3 Å². The molecule has 0 aliphatic heterocycles. The third-order valence-corrected chi connectivity index (χ3v) is 7.33. The Morgan fingerprint density at radius 2 is 1.72 bits per heavy atom. The molecule has 1 heterocycles. The van der Waals surface area contributed by atoms with E-state index in [2.05, 4.69) is 42.0 Å². The molecule has 3 rings (SSSR count). The van der Waals surface area contributed by atoms with E-state index in [1.165, 1.54) is 17.1 Å². The molecule has 0 aliphatic rings. The first-order valence-electron chi connectivity index (χ1n) is 10.2. The standard InChI is InChI=1S/C23H27N3O5Si/c1-26(22(28)21-24-25-23(29)31-21)20(16-8-10-17(30-2)11-9-16)19(27)14-15-6-12-18(13-7-15)32(3,4)5/h6-13,20H,14H2,1-5H3,(H,25,29). The van der Waals surface area contributed by atoms with Crippen molar-refractivity contribution in [2.75, 3.05) is 14.2 Å². The highest BCUT2D eigenvalue weighted by molar-refractivity contribution is 6.88. The van der Waals surface area contributed by atoms with E-state index in [9.17, 15) is 14.4 Å². The van der Waals surface area contributed by atoms with E-state index >= 15 is 0 Å². The minimum Gasteiger partial charge on any atom is -0.497 e. The number of rotatable bonds is 8. The molecule has 2 aromatic carbocycles. The summed E-state index contributed by atoms with van der Waals surface area (Å²) in [4.78, 5) is 38.7. The van der Waals surface area contributed by atoms with Crippen LogP contribution in [0.15, 0.2) is 57.7 Å². The zero-order chi connectivity index (χ0) is 23.5. The Kier molecular flexibility index (Phi) is 6.78. The van der Waals surface area contributed by atoms with Gasteiger partial charge in [-0.1, -0.05) is 61.2 Å². The first-order valence-corrected chi connectivity index (χ1v) is 13.7. The van der Waals surface area contributed by atoms with Gasteiger partial charge in [0.2, 0.25) is 0 Å². The van der Waals surface area contributed by atoms with Crippen LogP contribution in [-0.4, -0.2) is 49.0 Å². The summed E-state index contributed by atoms with van der Waals surface area (Å²) in [6.45, 7) is 6.79. The Labute approximate surface area is 187 Å². The maximum Gasteiger partial charge on any atom is 0.434 e. The average Bonchev–Trinajstić information content (AvgIpc) is 3.19. The molecule has 0 fully saturated rings. The summed E-state index contributed by atoms with van der Waals surface area (Å²) < 4.78 is 9.99. The van der Waals surface area contributed by atoms with Crippen molar-refractivity contribution in [3.8, 4) is 5.75 Å². The lowest BCUT2D eigenvalue weighted by Gasteiger charge is -2.26. The quantitative estimate of drug-likeness (QED) is 0.526. The Morgan fingerprint density at radius 1 is 1.09 bits per heavy atom. The molecule has 9 heteroatoms. The minimum atomic E-state index is -1.44. The van der Waals surface area contributed by atoms with Crippen molar-refractivity contribution in [3.05, 3.63) is 76.1 Å². The highest BCUT2D eigenvalue weighted by atomic mass is 28.3. The van der Waals surface area contributed by atoms with E-state index in [1.54, 1.807) is 31.4 Å². The summed E-state index contributed by atoms with van der Waals surface area (Å²) in [5.41, 5.74) is 1.48. The Balaban J connectivity index is 1.91. The van der Waals surface area contributed by atoms with E-state index in [1.807, 2.05) is 12.1 Å². The van der Waals surface area contributed by atoms with Crippen LogP contribution in [0.3, 0.4) is 0 Å². The van der Waals surface area contributed by atoms with E-state index in [-0.39, 0.29) is 12.2 Å². The van der Waals surface area contributed by atoms with Crippen LogP contribution < -0.4 is 15.7 Å². The van der Waals surface area contributed by atoms with Gasteiger partial charge in [0.1, 0.15) is 11.8 Å². The van der Waals surface area contributed by atoms with Crippen LogP contribution in [0.2, 0.25) is 19.6 Å². The first-order chi connectivity index (χ1) is 15.1. The van der Waals surface area contributed by atoms with Crippen LogP contribution in [0.25, 0.3) is 0 Å².